The summed E-state index contributed by atoms with van der Waals surface area (Å²) in [5, 5.41) is 8.88. The van der Waals surface area contributed by atoms with Crippen LogP contribution in [0.2, 0.25) is 0 Å². The summed E-state index contributed by atoms with van der Waals surface area (Å²) in [6, 6.07) is 8.12. The normalized spacial score (nSPS) is 24.4. The fourth-order valence-corrected chi connectivity index (χ4v) is 2.34. The first-order chi connectivity index (χ1) is 8.13. The molecule has 0 amide bonds. The summed E-state index contributed by atoms with van der Waals surface area (Å²) < 4.78 is 0. The molecule has 92 valence electrons. The van der Waals surface area contributed by atoms with Crippen molar-refractivity contribution in [3.8, 4) is 0 Å². The highest BCUT2D eigenvalue weighted by Gasteiger charge is 2.47. The Kier molecular flexibility index (Phi) is 3.48. The summed E-state index contributed by atoms with van der Waals surface area (Å²) in [6.07, 6.45) is 2.93. The summed E-state index contributed by atoms with van der Waals surface area (Å²) >= 11 is 0. The summed E-state index contributed by atoms with van der Waals surface area (Å²) in [7, 11) is 0. The van der Waals surface area contributed by atoms with E-state index < -0.39 is 5.97 Å². The monoisotopic (exact) mass is 233 g/mol. The maximum Gasteiger partial charge on any atom is 0.306 e. The Morgan fingerprint density at radius 1 is 1.47 bits per heavy atom. The number of carboxylic acids is 1. The molecule has 0 saturated heterocycles. The van der Waals surface area contributed by atoms with Crippen molar-refractivity contribution in [3.63, 3.8) is 0 Å². The molecule has 1 saturated carbocycles. The highest BCUT2D eigenvalue weighted by Crippen LogP contribution is 2.46. The number of rotatable bonds is 5. The van der Waals surface area contributed by atoms with Gasteiger partial charge in [0.15, 0.2) is 0 Å². The van der Waals surface area contributed by atoms with E-state index in [2.05, 4.69) is 19.1 Å². The van der Waals surface area contributed by atoms with Crippen LogP contribution in [-0.2, 0) is 11.2 Å². The van der Waals surface area contributed by atoms with Gasteiger partial charge in [0.05, 0.1) is 5.92 Å². The molecule has 1 aliphatic carbocycles. The Morgan fingerprint density at radius 3 is 2.59 bits per heavy atom. The van der Waals surface area contributed by atoms with Gasteiger partial charge in [-0.2, -0.15) is 0 Å². The van der Waals surface area contributed by atoms with Gasteiger partial charge in [-0.1, -0.05) is 37.6 Å². The minimum absolute atomic E-state index is 0.115. The zero-order chi connectivity index (χ0) is 12.4. The van der Waals surface area contributed by atoms with Gasteiger partial charge in [0, 0.05) is 6.04 Å². The van der Waals surface area contributed by atoms with Gasteiger partial charge in [-0.05, 0) is 29.9 Å². The molecular weight excluding hydrogens is 214 g/mol. The lowest BCUT2D eigenvalue weighted by Gasteiger charge is -2.11. The van der Waals surface area contributed by atoms with E-state index in [0.29, 0.717) is 6.42 Å². The molecular formula is C14H19NO2. The molecule has 0 aromatic heterocycles. The summed E-state index contributed by atoms with van der Waals surface area (Å²) in [4.78, 5) is 10.8. The van der Waals surface area contributed by atoms with E-state index in [1.807, 2.05) is 12.1 Å². The van der Waals surface area contributed by atoms with Gasteiger partial charge < -0.3 is 10.8 Å². The van der Waals surface area contributed by atoms with E-state index >= 15 is 0 Å². The number of benzene rings is 1. The molecule has 3 N–H and O–H groups in total. The number of carboxylic acid groups (broad SMARTS) is 1. The van der Waals surface area contributed by atoms with E-state index in [1.54, 1.807) is 0 Å². The molecule has 1 fully saturated rings. The quantitative estimate of drug-likeness (QED) is 0.820. The van der Waals surface area contributed by atoms with Crippen LogP contribution < -0.4 is 5.73 Å². The Labute approximate surface area is 102 Å². The van der Waals surface area contributed by atoms with E-state index in [4.69, 9.17) is 10.8 Å². The van der Waals surface area contributed by atoms with Crippen molar-refractivity contribution in [2.24, 2.45) is 17.6 Å². The Hall–Kier alpha value is -1.35. The number of aryl methyl sites for hydroxylation is 1. The Balaban J connectivity index is 2.00. The predicted octanol–water partition coefficient (Wildman–Crippen LogP) is 2.36. The average molecular weight is 233 g/mol. The second kappa shape index (κ2) is 4.88. The van der Waals surface area contributed by atoms with Crippen molar-refractivity contribution >= 4 is 5.97 Å². The van der Waals surface area contributed by atoms with Crippen LogP contribution in [0.15, 0.2) is 24.3 Å². The van der Waals surface area contributed by atoms with Gasteiger partial charge in [0.2, 0.25) is 0 Å². The largest absolute Gasteiger partial charge is 0.481 e. The lowest BCUT2D eigenvalue weighted by molar-refractivity contribution is -0.138. The number of hydrogen-bond acceptors (Lipinski definition) is 2. The second-order valence-electron chi connectivity index (χ2n) is 4.86. The van der Waals surface area contributed by atoms with Crippen LogP contribution in [0.5, 0.6) is 0 Å². The fourth-order valence-electron chi connectivity index (χ4n) is 2.34. The van der Waals surface area contributed by atoms with Gasteiger partial charge in [0.1, 0.15) is 0 Å². The molecule has 1 aromatic rings. The summed E-state index contributed by atoms with van der Waals surface area (Å²) in [6.45, 7) is 2.15. The molecule has 0 bridgehead atoms. The Morgan fingerprint density at radius 2 is 2.12 bits per heavy atom. The van der Waals surface area contributed by atoms with Crippen LogP contribution in [-0.4, -0.2) is 11.1 Å². The van der Waals surface area contributed by atoms with E-state index in [1.165, 1.54) is 5.56 Å². The van der Waals surface area contributed by atoms with Gasteiger partial charge >= 0.3 is 5.97 Å². The van der Waals surface area contributed by atoms with Gasteiger partial charge in [-0.25, -0.2) is 0 Å². The molecule has 2 rings (SSSR count). The zero-order valence-corrected chi connectivity index (χ0v) is 10.1. The molecule has 0 radical (unpaired) electrons. The van der Waals surface area contributed by atoms with Crippen molar-refractivity contribution in [2.75, 3.05) is 0 Å². The predicted molar refractivity (Wildman–Crippen MR) is 66.6 cm³/mol. The van der Waals surface area contributed by atoms with Crippen LogP contribution in [0.4, 0.5) is 0 Å². The van der Waals surface area contributed by atoms with E-state index in [9.17, 15) is 4.79 Å². The summed E-state index contributed by atoms with van der Waals surface area (Å²) in [5.41, 5.74) is 8.46. The van der Waals surface area contributed by atoms with Crippen molar-refractivity contribution in [1.82, 2.24) is 0 Å². The number of nitrogens with two attached hydrogens (primary N) is 1. The molecule has 0 spiro atoms. The maximum absolute atomic E-state index is 10.8. The zero-order valence-electron chi connectivity index (χ0n) is 10.1. The molecule has 3 unspecified atom stereocenters. The van der Waals surface area contributed by atoms with Crippen LogP contribution in [0, 0.1) is 11.8 Å². The summed E-state index contributed by atoms with van der Waals surface area (Å²) in [5.74, 6) is -0.835. The highest BCUT2D eigenvalue weighted by atomic mass is 16.4. The lowest BCUT2D eigenvalue weighted by Crippen LogP contribution is -2.15. The smallest absolute Gasteiger partial charge is 0.306 e. The molecule has 0 aliphatic heterocycles. The van der Waals surface area contributed by atoms with Crippen LogP contribution in [0.1, 0.15) is 36.9 Å². The van der Waals surface area contributed by atoms with Gasteiger partial charge in [0.25, 0.3) is 0 Å². The highest BCUT2D eigenvalue weighted by molar-refractivity contribution is 5.73. The minimum atomic E-state index is -0.715. The van der Waals surface area contributed by atoms with E-state index in [0.717, 1.165) is 18.4 Å². The van der Waals surface area contributed by atoms with Crippen molar-refractivity contribution < 1.29 is 9.90 Å². The number of hydrogen-bond donors (Lipinski definition) is 2. The van der Waals surface area contributed by atoms with Crippen LogP contribution >= 0.6 is 0 Å². The molecule has 3 nitrogen and oxygen atoms in total. The molecule has 1 aliphatic rings. The third kappa shape index (κ3) is 2.67. The van der Waals surface area contributed by atoms with Gasteiger partial charge in [-0.3, -0.25) is 4.79 Å². The average Bonchev–Trinajstić information content (AvgIpc) is 3.09. The standard InChI is InChI=1S/C14H19NO2/c1-2-3-9-4-6-10(7-5-9)13(15)11-8-12(11)14(16)17/h4-7,11-13H,2-3,8,15H2,1H3,(H,16,17). The minimum Gasteiger partial charge on any atom is -0.481 e. The van der Waals surface area contributed by atoms with Crippen molar-refractivity contribution in [1.29, 1.82) is 0 Å². The third-order valence-corrected chi connectivity index (χ3v) is 3.52. The lowest BCUT2D eigenvalue weighted by atomic mass is 9.99. The molecule has 0 heterocycles. The van der Waals surface area contributed by atoms with Crippen LogP contribution in [0.25, 0.3) is 0 Å². The van der Waals surface area contributed by atoms with Crippen molar-refractivity contribution in [3.05, 3.63) is 35.4 Å². The van der Waals surface area contributed by atoms with Gasteiger partial charge in [-0.15, -0.1) is 0 Å². The molecule has 3 atom stereocenters. The van der Waals surface area contributed by atoms with Crippen molar-refractivity contribution in [2.45, 2.75) is 32.2 Å². The SMILES string of the molecule is CCCc1ccc(C(N)C2CC2C(=O)O)cc1. The second-order valence-corrected chi connectivity index (χ2v) is 4.86. The van der Waals surface area contributed by atoms with E-state index in [-0.39, 0.29) is 17.9 Å². The molecule has 1 aromatic carbocycles. The first-order valence-electron chi connectivity index (χ1n) is 6.20. The fraction of sp³-hybridized carbons (Fsp3) is 0.500. The Bertz CT molecular complexity index is 399. The topological polar surface area (TPSA) is 63.3 Å². The first kappa shape index (κ1) is 12.1. The number of aliphatic carboxylic acids is 1. The number of carbonyl (C=O) groups is 1. The first-order valence-corrected chi connectivity index (χ1v) is 6.20. The maximum atomic E-state index is 10.8. The third-order valence-electron chi connectivity index (χ3n) is 3.52. The molecule has 17 heavy (non-hydrogen) atoms. The van der Waals surface area contributed by atoms with Crippen LogP contribution in [0.3, 0.4) is 0 Å². The molecule has 3 heteroatoms.